The summed E-state index contributed by atoms with van der Waals surface area (Å²) >= 11 is 0. The van der Waals surface area contributed by atoms with E-state index in [9.17, 15) is 4.79 Å². The Morgan fingerprint density at radius 3 is 2.92 bits per heavy atom. The number of carbonyl (C=O) groups excluding carboxylic acids is 1. The summed E-state index contributed by atoms with van der Waals surface area (Å²) in [7, 11) is 1.95. The first-order valence-corrected chi connectivity index (χ1v) is 9.01. The van der Waals surface area contributed by atoms with Gasteiger partial charge in [0.1, 0.15) is 11.9 Å². The van der Waals surface area contributed by atoms with Crippen LogP contribution < -0.4 is 0 Å². The number of aromatic nitrogens is 2. The largest absolute Gasteiger partial charge is 0.369 e. The van der Waals surface area contributed by atoms with Crippen molar-refractivity contribution in [1.29, 1.82) is 0 Å². The van der Waals surface area contributed by atoms with Gasteiger partial charge in [0.2, 0.25) is 5.91 Å². The van der Waals surface area contributed by atoms with Crippen molar-refractivity contribution in [3.8, 4) is 0 Å². The average molecular weight is 339 g/mol. The normalized spacial score (nSPS) is 22.9. The van der Waals surface area contributed by atoms with Gasteiger partial charge in [-0.1, -0.05) is 17.7 Å². The first-order valence-electron chi connectivity index (χ1n) is 9.01. The summed E-state index contributed by atoms with van der Waals surface area (Å²) in [4.78, 5) is 19.6. The van der Waals surface area contributed by atoms with Gasteiger partial charge in [-0.3, -0.25) is 4.79 Å². The van der Waals surface area contributed by atoms with Crippen molar-refractivity contribution in [2.75, 3.05) is 13.2 Å². The molecule has 1 amide bonds. The molecule has 2 atom stereocenters. The van der Waals surface area contributed by atoms with Crippen LogP contribution in [0.4, 0.5) is 0 Å². The van der Waals surface area contributed by atoms with E-state index in [1.807, 2.05) is 22.7 Å². The molecule has 25 heavy (non-hydrogen) atoms. The van der Waals surface area contributed by atoms with E-state index in [1.165, 1.54) is 22.3 Å². The first-order chi connectivity index (χ1) is 12.0. The minimum atomic E-state index is -0.229. The third-order valence-electron chi connectivity index (χ3n) is 5.54. The number of amides is 1. The Balaban J connectivity index is 1.56. The highest BCUT2D eigenvalue weighted by Gasteiger charge is 2.40. The van der Waals surface area contributed by atoms with Crippen LogP contribution in [0.1, 0.15) is 40.6 Å². The molecule has 1 saturated heterocycles. The molecule has 0 aliphatic carbocycles. The lowest BCUT2D eigenvalue weighted by atomic mass is 9.91. The summed E-state index contributed by atoms with van der Waals surface area (Å²) in [6.45, 7) is 6.41. The van der Waals surface area contributed by atoms with Crippen LogP contribution >= 0.6 is 0 Å². The quantitative estimate of drug-likeness (QED) is 0.845. The Labute approximate surface area is 148 Å². The Bertz CT molecular complexity index is 811. The molecular formula is C20H25N3O2. The highest BCUT2D eigenvalue weighted by atomic mass is 16.5. The molecule has 0 bridgehead atoms. The van der Waals surface area contributed by atoms with E-state index >= 15 is 0 Å². The number of benzene rings is 1. The second-order valence-corrected chi connectivity index (χ2v) is 7.31. The molecule has 1 fully saturated rings. The lowest BCUT2D eigenvalue weighted by molar-refractivity contribution is -0.138. The van der Waals surface area contributed by atoms with Crippen molar-refractivity contribution in [2.24, 2.45) is 13.0 Å². The fraction of sp³-hybridized carbons (Fsp3) is 0.500. The van der Waals surface area contributed by atoms with E-state index in [2.05, 4.69) is 31.0 Å². The molecule has 0 saturated carbocycles. The summed E-state index contributed by atoms with van der Waals surface area (Å²) in [5.41, 5.74) is 5.32. The van der Waals surface area contributed by atoms with Gasteiger partial charge in [0.25, 0.3) is 0 Å². The smallest absolute Gasteiger partial charge is 0.229 e. The van der Waals surface area contributed by atoms with Crippen molar-refractivity contribution in [1.82, 2.24) is 14.5 Å². The molecule has 0 radical (unpaired) electrons. The fourth-order valence-electron chi connectivity index (χ4n) is 4.29. The fourth-order valence-corrected chi connectivity index (χ4v) is 4.29. The molecule has 1 aromatic carbocycles. The second-order valence-electron chi connectivity index (χ2n) is 7.31. The number of hydrogen-bond donors (Lipinski definition) is 0. The molecule has 5 nitrogen and oxygen atoms in total. The van der Waals surface area contributed by atoms with Crippen LogP contribution in [-0.4, -0.2) is 33.5 Å². The molecule has 0 unspecified atom stereocenters. The number of hydrogen-bond acceptors (Lipinski definition) is 3. The van der Waals surface area contributed by atoms with Crippen LogP contribution in [0.3, 0.4) is 0 Å². The average Bonchev–Trinajstić information content (AvgIpc) is 3.21. The predicted molar refractivity (Wildman–Crippen MR) is 95.0 cm³/mol. The number of carbonyl (C=O) groups is 1. The summed E-state index contributed by atoms with van der Waals surface area (Å²) < 4.78 is 7.83. The molecule has 4 rings (SSSR count). The van der Waals surface area contributed by atoms with Crippen LogP contribution in [0.2, 0.25) is 0 Å². The zero-order valence-corrected chi connectivity index (χ0v) is 15.2. The zero-order chi connectivity index (χ0) is 17.6. The minimum absolute atomic E-state index is 0.131. The number of imidazole rings is 1. The monoisotopic (exact) mass is 339 g/mol. The third-order valence-corrected chi connectivity index (χ3v) is 5.54. The van der Waals surface area contributed by atoms with Crippen molar-refractivity contribution in [3.05, 3.63) is 52.6 Å². The molecule has 2 aromatic rings. The summed E-state index contributed by atoms with van der Waals surface area (Å²) in [5, 5.41) is 0. The molecule has 5 heteroatoms. The molecule has 1 aromatic heterocycles. The van der Waals surface area contributed by atoms with Gasteiger partial charge in [-0.25, -0.2) is 4.98 Å². The summed E-state index contributed by atoms with van der Waals surface area (Å²) in [6, 6.07) is 4.46. The SMILES string of the molecule is Cc1cc(C)c2c(c1)CN(C(=O)[C@@H]1CCO[C@H]1c1nccn1C)CC2. The van der Waals surface area contributed by atoms with Crippen molar-refractivity contribution in [2.45, 2.75) is 39.3 Å². The number of fused-ring (bicyclic) bond motifs is 1. The second kappa shape index (κ2) is 6.30. The Morgan fingerprint density at radius 1 is 1.32 bits per heavy atom. The van der Waals surface area contributed by atoms with Crippen LogP contribution in [0.25, 0.3) is 0 Å². The topological polar surface area (TPSA) is 47.4 Å². The lowest BCUT2D eigenvalue weighted by Gasteiger charge is -2.33. The Hall–Kier alpha value is -2.14. The maximum atomic E-state index is 13.2. The highest BCUT2D eigenvalue weighted by molar-refractivity contribution is 5.80. The molecular weight excluding hydrogens is 314 g/mol. The van der Waals surface area contributed by atoms with E-state index in [-0.39, 0.29) is 17.9 Å². The Morgan fingerprint density at radius 2 is 2.16 bits per heavy atom. The van der Waals surface area contributed by atoms with Gasteiger partial charge in [-0.2, -0.15) is 0 Å². The van der Waals surface area contributed by atoms with Crippen molar-refractivity contribution < 1.29 is 9.53 Å². The third kappa shape index (κ3) is 2.86. The minimum Gasteiger partial charge on any atom is -0.369 e. The molecule has 132 valence electrons. The van der Waals surface area contributed by atoms with Crippen LogP contribution in [-0.2, 0) is 29.5 Å². The van der Waals surface area contributed by atoms with E-state index in [1.54, 1.807) is 6.20 Å². The standard InChI is InChI=1S/C20H25N3O2/c1-13-10-14(2)16-4-7-23(12-15(16)11-13)20(24)17-5-9-25-18(17)19-21-6-8-22(19)3/h6,8,10-11,17-18H,4-5,7,9,12H2,1-3H3/t17-,18-/m1/s1. The Kier molecular flexibility index (Phi) is 4.12. The van der Waals surface area contributed by atoms with Gasteiger partial charge < -0.3 is 14.2 Å². The molecule has 2 aliphatic rings. The van der Waals surface area contributed by atoms with Gasteiger partial charge in [-0.05, 0) is 43.4 Å². The van der Waals surface area contributed by atoms with Crippen molar-refractivity contribution in [3.63, 3.8) is 0 Å². The van der Waals surface area contributed by atoms with Crippen molar-refractivity contribution >= 4 is 5.91 Å². The predicted octanol–water partition coefficient (Wildman–Crippen LogP) is 2.70. The van der Waals surface area contributed by atoms with E-state index < -0.39 is 0 Å². The van der Waals surface area contributed by atoms with E-state index in [0.717, 1.165) is 25.2 Å². The van der Waals surface area contributed by atoms with Crippen LogP contribution in [0, 0.1) is 19.8 Å². The van der Waals surface area contributed by atoms with Gasteiger partial charge >= 0.3 is 0 Å². The summed E-state index contributed by atoms with van der Waals surface area (Å²) in [6.07, 6.45) is 5.15. The molecule has 0 spiro atoms. The molecule has 3 heterocycles. The van der Waals surface area contributed by atoms with Gasteiger partial charge in [-0.15, -0.1) is 0 Å². The summed E-state index contributed by atoms with van der Waals surface area (Å²) in [5.74, 6) is 0.920. The molecule has 0 N–H and O–H groups in total. The maximum absolute atomic E-state index is 13.2. The number of aryl methyl sites for hydroxylation is 3. The molecule has 2 aliphatic heterocycles. The van der Waals surface area contributed by atoms with Crippen LogP contribution in [0.15, 0.2) is 24.5 Å². The van der Waals surface area contributed by atoms with Crippen LogP contribution in [0.5, 0.6) is 0 Å². The van der Waals surface area contributed by atoms with E-state index in [4.69, 9.17) is 4.74 Å². The number of ether oxygens (including phenoxy) is 1. The number of rotatable bonds is 2. The van der Waals surface area contributed by atoms with E-state index in [0.29, 0.717) is 13.2 Å². The van der Waals surface area contributed by atoms with Gasteiger partial charge in [0.05, 0.1) is 5.92 Å². The maximum Gasteiger partial charge on any atom is 0.229 e. The lowest BCUT2D eigenvalue weighted by Crippen LogP contribution is -2.41. The zero-order valence-electron chi connectivity index (χ0n) is 15.2. The van der Waals surface area contributed by atoms with Gasteiger partial charge in [0, 0.05) is 39.1 Å². The highest BCUT2D eigenvalue weighted by Crippen LogP contribution is 2.36. The number of nitrogens with zero attached hydrogens (tertiary/aromatic N) is 3. The first kappa shape index (κ1) is 16.3. The van der Waals surface area contributed by atoms with Gasteiger partial charge in [0.15, 0.2) is 0 Å².